The number of rotatable bonds is 5. The van der Waals surface area contributed by atoms with E-state index in [1.807, 2.05) is 0 Å². The third-order valence-electron chi connectivity index (χ3n) is 3.85. The summed E-state index contributed by atoms with van der Waals surface area (Å²) in [5, 5.41) is 3.58. The van der Waals surface area contributed by atoms with Crippen molar-refractivity contribution in [1.82, 2.24) is 5.32 Å². The highest BCUT2D eigenvalue weighted by Gasteiger charge is 2.23. The van der Waals surface area contributed by atoms with Gasteiger partial charge in [-0.3, -0.25) is 0 Å². The van der Waals surface area contributed by atoms with Gasteiger partial charge in [0.05, 0.1) is 13.2 Å². The molecule has 1 aromatic carbocycles. The Kier molecular flexibility index (Phi) is 5.23. The number of nitrogens with zero attached hydrogens (tertiary/aromatic N) is 1. The molecule has 0 spiro atoms. The molecule has 106 valence electrons. The van der Waals surface area contributed by atoms with Gasteiger partial charge in [-0.1, -0.05) is 32.0 Å². The Morgan fingerprint density at radius 3 is 2.84 bits per heavy atom. The van der Waals surface area contributed by atoms with Crippen LogP contribution in [0.15, 0.2) is 24.3 Å². The second-order valence-corrected chi connectivity index (χ2v) is 5.19. The number of hydrogen-bond donors (Lipinski definition) is 1. The lowest BCUT2D eigenvalue weighted by atomic mass is 10.0. The fraction of sp³-hybridized carbons (Fsp3) is 0.625. The molecule has 3 heteroatoms. The molecular weight excluding hydrogens is 236 g/mol. The largest absolute Gasteiger partial charge is 0.377 e. The quantitative estimate of drug-likeness (QED) is 0.883. The van der Waals surface area contributed by atoms with Gasteiger partial charge in [0.2, 0.25) is 0 Å². The van der Waals surface area contributed by atoms with E-state index in [2.05, 4.69) is 55.3 Å². The summed E-state index contributed by atoms with van der Waals surface area (Å²) in [6, 6.07) is 9.68. The normalized spacial score (nSPS) is 21.4. The van der Waals surface area contributed by atoms with Gasteiger partial charge in [-0.25, -0.2) is 0 Å². The Morgan fingerprint density at radius 2 is 2.16 bits per heavy atom. The Hall–Kier alpha value is -1.06. The van der Waals surface area contributed by atoms with Gasteiger partial charge in [0.1, 0.15) is 0 Å². The van der Waals surface area contributed by atoms with E-state index in [1.165, 1.54) is 11.3 Å². The smallest absolute Gasteiger partial charge is 0.0668 e. The van der Waals surface area contributed by atoms with Crippen LogP contribution < -0.4 is 10.2 Å². The van der Waals surface area contributed by atoms with Crippen LogP contribution >= 0.6 is 0 Å². The van der Waals surface area contributed by atoms with Crippen molar-refractivity contribution in [2.75, 3.05) is 31.2 Å². The zero-order valence-electron chi connectivity index (χ0n) is 12.4. The van der Waals surface area contributed by atoms with Crippen LogP contribution in [-0.4, -0.2) is 32.3 Å². The summed E-state index contributed by atoms with van der Waals surface area (Å²) < 4.78 is 5.55. The number of hydrogen-bond acceptors (Lipinski definition) is 3. The molecule has 0 aliphatic carbocycles. The van der Waals surface area contributed by atoms with Crippen molar-refractivity contribution in [3.05, 3.63) is 29.8 Å². The van der Waals surface area contributed by atoms with Crippen LogP contribution in [0, 0.1) is 0 Å². The van der Waals surface area contributed by atoms with Crippen molar-refractivity contribution >= 4 is 5.69 Å². The van der Waals surface area contributed by atoms with Gasteiger partial charge in [-0.05, 0) is 31.5 Å². The molecule has 1 aliphatic rings. The molecule has 2 rings (SSSR count). The summed E-state index contributed by atoms with van der Waals surface area (Å²) in [6.07, 6.45) is 1.11. The minimum absolute atomic E-state index is 0.441. The number of benzene rings is 1. The Morgan fingerprint density at radius 1 is 1.37 bits per heavy atom. The zero-order valence-corrected chi connectivity index (χ0v) is 12.4. The van der Waals surface area contributed by atoms with Crippen LogP contribution in [0.25, 0.3) is 0 Å². The maximum Gasteiger partial charge on any atom is 0.0668 e. The van der Waals surface area contributed by atoms with E-state index in [0.29, 0.717) is 12.1 Å². The van der Waals surface area contributed by atoms with Gasteiger partial charge in [0.25, 0.3) is 0 Å². The fourth-order valence-electron chi connectivity index (χ4n) is 2.85. The minimum atomic E-state index is 0.441. The summed E-state index contributed by atoms with van der Waals surface area (Å²) in [5.41, 5.74) is 2.78. The summed E-state index contributed by atoms with van der Waals surface area (Å²) >= 11 is 0. The van der Waals surface area contributed by atoms with Gasteiger partial charge in [0.15, 0.2) is 0 Å². The summed E-state index contributed by atoms with van der Waals surface area (Å²) in [4.78, 5) is 2.48. The van der Waals surface area contributed by atoms with Crippen molar-refractivity contribution in [2.24, 2.45) is 0 Å². The zero-order chi connectivity index (χ0) is 13.7. The van der Waals surface area contributed by atoms with Gasteiger partial charge in [0, 0.05) is 24.3 Å². The first-order chi connectivity index (χ1) is 9.27. The average molecular weight is 262 g/mol. The topological polar surface area (TPSA) is 24.5 Å². The lowest BCUT2D eigenvalue weighted by Gasteiger charge is -2.37. The van der Waals surface area contributed by atoms with Crippen LogP contribution in [0.1, 0.15) is 38.8 Å². The Bertz CT molecular complexity index is 394. The van der Waals surface area contributed by atoms with E-state index in [1.54, 1.807) is 0 Å². The SMILES string of the molecule is CCNC(CC)c1ccccc1N1CCOCC1C. The summed E-state index contributed by atoms with van der Waals surface area (Å²) in [7, 11) is 0. The van der Waals surface area contributed by atoms with E-state index in [-0.39, 0.29) is 0 Å². The number of nitrogens with one attached hydrogen (secondary N) is 1. The standard InChI is InChI=1S/C16H26N2O/c1-4-15(17-5-2)14-8-6-7-9-16(14)18-10-11-19-12-13(18)3/h6-9,13,15,17H,4-5,10-12H2,1-3H3. The van der Waals surface area contributed by atoms with E-state index in [4.69, 9.17) is 4.74 Å². The monoisotopic (exact) mass is 262 g/mol. The maximum absolute atomic E-state index is 5.55. The van der Waals surface area contributed by atoms with Crippen molar-refractivity contribution in [3.8, 4) is 0 Å². The molecule has 1 aliphatic heterocycles. The fourth-order valence-corrected chi connectivity index (χ4v) is 2.85. The first-order valence-corrected chi connectivity index (χ1v) is 7.44. The Labute approximate surface area is 116 Å². The number of para-hydroxylation sites is 1. The minimum Gasteiger partial charge on any atom is -0.377 e. The molecule has 1 heterocycles. The van der Waals surface area contributed by atoms with Crippen LogP contribution in [0.4, 0.5) is 5.69 Å². The molecule has 1 saturated heterocycles. The highest BCUT2D eigenvalue weighted by atomic mass is 16.5. The van der Waals surface area contributed by atoms with Crippen LogP contribution in [0.3, 0.4) is 0 Å². The summed E-state index contributed by atoms with van der Waals surface area (Å²) in [6.45, 7) is 10.3. The van der Waals surface area contributed by atoms with Crippen LogP contribution in [-0.2, 0) is 4.74 Å². The lowest BCUT2D eigenvalue weighted by Crippen LogP contribution is -2.44. The molecule has 0 amide bonds. The van der Waals surface area contributed by atoms with Crippen molar-refractivity contribution in [1.29, 1.82) is 0 Å². The second kappa shape index (κ2) is 6.92. The molecule has 0 radical (unpaired) electrons. The first-order valence-electron chi connectivity index (χ1n) is 7.44. The Balaban J connectivity index is 2.28. The molecule has 2 unspecified atom stereocenters. The molecule has 1 N–H and O–H groups in total. The van der Waals surface area contributed by atoms with Crippen molar-refractivity contribution in [3.63, 3.8) is 0 Å². The number of ether oxygens (including phenoxy) is 1. The average Bonchev–Trinajstić information content (AvgIpc) is 2.45. The molecule has 19 heavy (non-hydrogen) atoms. The van der Waals surface area contributed by atoms with E-state index in [9.17, 15) is 0 Å². The third-order valence-corrected chi connectivity index (χ3v) is 3.85. The summed E-state index contributed by atoms with van der Waals surface area (Å²) in [5.74, 6) is 0. The van der Waals surface area contributed by atoms with Crippen LogP contribution in [0.2, 0.25) is 0 Å². The predicted molar refractivity (Wildman–Crippen MR) is 80.8 cm³/mol. The number of anilines is 1. The first kappa shape index (κ1) is 14.4. The van der Waals surface area contributed by atoms with Gasteiger partial charge < -0.3 is 15.0 Å². The van der Waals surface area contributed by atoms with E-state index >= 15 is 0 Å². The maximum atomic E-state index is 5.55. The predicted octanol–water partition coefficient (Wildman–Crippen LogP) is 2.97. The molecule has 2 atom stereocenters. The van der Waals surface area contributed by atoms with Crippen molar-refractivity contribution in [2.45, 2.75) is 39.3 Å². The molecule has 0 aromatic heterocycles. The lowest BCUT2D eigenvalue weighted by molar-refractivity contribution is 0.0988. The van der Waals surface area contributed by atoms with Gasteiger partial charge >= 0.3 is 0 Å². The third kappa shape index (κ3) is 3.28. The molecule has 0 bridgehead atoms. The molecular formula is C16H26N2O. The molecule has 1 aromatic rings. The molecule has 3 nitrogen and oxygen atoms in total. The van der Waals surface area contributed by atoms with Crippen LogP contribution in [0.5, 0.6) is 0 Å². The van der Waals surface area contributed by atoms with E-state index < -0.39 is 0 Å². The molecule has 1 fully saturated rings. The van der Waals surface area contributed by atoms with Gasteiger partial charge in [-0.2, -0.15) is 0 Å². The van der Waals surface area contributed by atoms with Crippen molar-refractivity contribution < 1.29 is 4.74 Å². The van der Waals surface area contributed by atoms with Gasteiger partial charge in [-0.15, -0.1) is 0 Å². The second-order valence-electron chi connectivity index (χ2n) is 5.19. The highest BCUT2D eigenvalue weighted by Crippen LogP contribution is 2.30. The number of morpholine rings is 1. The van der Waals surface area contributed by atoms with E-state index in [0.717, 1.165) is 32.7 Å². The highest BCUT2D eigenvalue weighted by molar-refractivity contribution is 5.56. The molecule has 0 saturated carbocycles.